The molecule has 4 aromatic rings. The molecule has 0 N–H and O–H groups in total. The predicted octanol–water partition coefficient (Wildman–Crippen LogP) is 4.92. The third kappa shape index (κ3) is 6.00. The summed E-state index contributed by atoms with van der Waals surface area (Å²) in [6, 6.07) is 20.1. The first-order valence-electron chi connectivity index (χ1n) is 13.3. The quantitative estimate of drug-likeness (QED) is 0.266. The molecule has 0 aliphatic carbocycles. The highest BCUT2D eigenvalue weighted by Crippen LogP contribution is 2.35. The Labute approximate surface area is 240 Å². The van der Waals surface area contributed by atoms with Crippen molar-refractivity contribution in [3.8, 4) is 11.5 Å². The van der Waals surface area contributed by atoms with Crippen LogP contribution in [0.4, 0.5) is 4.39 Å². The standard InChI is InChI=1S/C32H29FN2O5S/c1-4-38-26-9-7-6-8-25(26)29-28(31(37)39-5-2)20(3)34-32-35(29)30(36)27(41-32)18-21-12-16-24(17-13-21)40-19-22-10-14-23(33)15-11-22/h6-18,29H,4-5,19H2,1-3H3/b27-18-. The Morgan fingerprint density at radius 3 is 2.44 bits per heavy atom. The number of aromatic nitrogens is 1. The van der Waals surface area contributed by atoms with E-state index in [0.29, 0.717) is 50.9 Å². The molecule has 2 heterocycles. The number of thiazole rings is 1. The van der Waals surface area contributed by atoms with Gasteiger partial charge in [-0.25, -0.2) is 14.2 Å². The molecule has 0 spiro atoms. The van der Waals surface area contributed by atoms with Crippen molar-refractivity contribution in [2.45, 2.75) is 33.4 Å². The molecule has 9 heteroatoms. The van der Waals surface area contributed by atoms with Crippen LogP contribution in [0.25, 0.3) is 6.08 Å². The third-order valence-electron chi connectivity index (χ3n) is 6.53. The van der Waals surface area contributed by atoms with Gasteiger partial charge >= 0.3 is 5.97 Å². The zero-order chi connectivity index (χ0) is 28.9. The van der Waals surface area contributed by atoms with Gasteiger partial charge in [-0.05, 0) is 68.3 Å². The van der Waals surface area contributed by atoms with E-state index in [1.165, 1.54) is 23.5 Å². The van der Waals surface area contributed by atoms with Gasteiger partial charge in [0.05, 0.1) is 29.0 Å². The number of para-hydroxylation sites is 1. The van der Waals surface area contributed by atoms with Crippen molar-refractivity contribution >= 4 is 23.4 Å². The molecule has 5 rings (SSSR count). The lowest BCUT2D eigenvalue weighted by molar-refractivity contribution is -0.139. The number of benzene rings is 3. The van der Waals surface area contributed by atoms with E-state index in [2.05, 4.69) is 4.99 Å². The van der Waals surface area contributed by atoms with Gasteiger partial charge in [0.2, 0.25) is 0 Å². The van der Waals surface area contributed by atoms with E-state index in [4.69, 9.17) is 14.2 Å². The van der Waals surface area contributed by atoms with Gasteiger partial charge < -0.3 is 14.2 Å². The summed E-state index contributed by atoms with van der Waals surface area (Å²) in [6.07, 6.45) is 1.79. The van der Waals surface area contributed by atoms with Crippen LogP contribution in [-0.4, -0.2) is 23.8 Å². The van der Waals surface area contributed by atoms with Crippen LogP contribution in [0.1, 0.15) is 43.5 Å². The van der Waals surface area contributed by atoms with Crippen molar-refractivity contribution in [2.75, 3.05) is 13.2 Å². The number of halogens is 1. The number of nitrogens with zero attached hydrogens (tertiary/aromatic N) is 2. The average Bonchev–Trinajstić information content (AvgIpc) is 3.27. The van der Waals surface area contributed by atoms with E-state index < -0.39 is 12.0 Å². The third-order valence-corrected chi connectivity index (χ3v) is 7.51. The normalized spacial score (nSPS) is 14.8. The number of ether oxygens (including phenoxy) is 3. The molecule has 0 saturated heterocycles. The summed E-state index contributed by atoms with van der Waals surface area (Å²) in [7, 11) is 0. The zero-order valence-electron chi connectivity index (χ0n) is 22.9. The first-order chi connectivity index (χ1) is 19.9. The van der Waals surface area contributed by atoms with E-state index in [-0.39, 0.29) is 18.0 Å². The highest BCUT2D eigenvalue weighted by Gasteiger charge is 2.35. The monoisotopic (exact) mass is 572 g/mol. The Kier molecular flexibility index (Phi) is 8.45. The molecule has 1 aromatic heterocycles. The van der Waals surface area contributed by atoms with Gasteiger partial charge in [-0.3, -0.25) is 9.36 Å². The van der Waals surface area contributed by atoms with Gasteiger partial charge in [0, 0.05) is 5.56 Å². The Morgan fingerprint density at radius 2 is 1.73 bits per heavy atom. The zero-order valence-corrected chi connectivity index (χ0v) is 23.7. The van der Waals surface area contributed by atoms with Crippen molar-refractivity contribution in [3.05, 3.63) is 126 Å². The summed E-state index contributed by atoms with van der Waals surface area (Å²) in [5.74, 6) is 0.425. The maximum atomic E-state index is 13.9. The fourth-order valence-electron chi connectivity index (χ4n) is 4.64. The van der Waals surface area contributed by atoms with E-state index in [1.807, 2.05) is 55.5 Å². The maximum absolute atomic E-state index is 13.9. The van der Waals surface area contributed by atoms with Crippen LogP contribution in [0.2, 0.25) is 0 Å². The Balaban J connectivity index is 1.52. The molecular formula is C32H29FN2O5S. The highest BCUT2D eigenvalue weighted by atomic mass is 32.1. The Morgan fingerprint density at radius 1 is 1.00 bits per heavy atom. The van der Waals surface area contributed by atoms with Crippen LogP contribution in [0, 0.1) is 5.82 Å². The second kappa shape index (κ2) is 12.3. The van der Waals surface area contributed by atoms with Gasteiger partial charge in [0.15, 0.2) is 4.80 Å². The lowest BCUT2D eigenvalue weighted by Gasteiger charge is -2.26. The maximum Gasteiger partial charge on any atom is 0.338 e. The van der Waals surface area contributed by atoms with Crippen molar-refractivity contribution < 1.29 is 23.4 Å². The minimum Gasteiger partial charge on any atom is -0.494 e. The first kappa shape index (κ1) is 28.0. The number of hydrogen-bond acceptors (Lipinski definition) is 7. The van der Waals surface area contributed by atoms with Crippen LogP contribution < -0.4 is 24.4 Å². The minimum atomic E-state index is -0.752. The largest absolute Gasteiger partial charge is 0.494 e. The predicted molar refractivity (Wildman–Crippen MR) is 155 cm³/mol. The molecule has 0 fully saturated rings. The second-order valence-corrected chi connectivity index (χ2v) is 10.3. The number of hydrogen-bond donors (Lipinski definition) is 0. The number of allylic oxidation sites excluding steroid dienone is 1. The Hall–Kier alpha value is -4.50. The van der Waals surface area contributed by atoms with Crippen LogP contribution >= 0.6 is 11.3 Å². The van der Waals surface area contributed by atoms with E-state index in [1.54, 1.807) is 36.6 Å². The molecule has 7 nitrogen and oxygen atoms in total. The fraction of sp³-hybridized carbons (Fsp3) is 0.219. The molecule has 41 heavy (non-hydrogen) atoms. The van der Waals surface area contributed by atoms with Crippen molar-refractivity contribution in [2.24, 2.45) is 4.99 Å². The molecule has 0 bridgehead atoms. The van der Waals surface area contributed by atoms with Gasteiger partial charge in [-0.1, -0.05) is 53.8 Å². The number of carbonyl (C=O) groups is 1. The summed E-state index contributed by atoms with van der Waals surface area (Å²) in [5.41, 5.74) is 2.88. The van der Waals surface area contributed by atoms with Crippen LogP contribution in [0.5, 0.6) is 11.5 Å². The Bertz CT molecular complexity index is 1770. The van der Waals surface area contributed by atoms with Crippen molar-refractivity contribution in [1.82, 2.24) is 4.57 Å². The number of rotatable bonds is 9. The number of esters is 1. The summed E-state index contributed by atoms with van der Waals surface area (Å²) < 4.78 is 32.2. The van der Waals surface area contributed by atoms with Gasteiger partial charge in [0.1, 0.15) is 30.0 Å². The van der Waals surface area contributed by atoms with Gasteiger partial charge in [-0.15, -0.1) is 0 Å². The lowest BCUT2D eigenvalue weighted by atomic mass is 9.95. The van der Waals surface area contributed by atoms with E-state index >= 15 is 0 Å². The molecular weight excluding hydrogens is 543 g/mol. The summed E-state index contributed by atoms with van der Waals surface area (Å²) in [6.45, 7) is 6.32. The molecule has 1 atom stereocenters. The molecule has 1 aliphatic rings. The van der Waals surface area contributed by atoms with Crippen LogP contribution in [-0.2, 0) is 16.1 Å². The summed E-state index contributed by atoms with van der Waals surface area (Å²) >= 11 is 1.26. The molecule has 210 valence electrons. The SMILES string of the molecule is CCOC(=O)C1=C(C)N=c2s/c(=C\c3ccc(OCc4ccc(F)cc4)cc3)c(=O)n2C1c1ccccc1OCC. The molecule has 0 amide bonds. The summed E-state index contributed by atoms with van der Waals surface area (Å²) in [5, 5.41) is 0. The molecule has 1 aliphatic heterocycles. The van der Waals surface area contributed by atoms with E-state index in [0.717, 1.165) is 11.1 Å². The smallest absolute Gasteiger partial charge is 0.338 e. The molecule has 0 radical (unpaired) electrons. The molecule has 0 saturated carbocycles. The van der Waals surface area contributed by atoms with Gasteiger partial charge in [0.25, 0.3) is 5.56 Å². The lowest BCUT2D eigenvalue weighted by Crippen LogP contribution is -2.40. The molecule has 3 aromatic carbocycles. The van der Waals surface area contributed by atoms with Gasteiger partial charge in [-0.2, -0.15) is 0 Å². The topological polar surface area (TPSA) is 79.1 Å². The van der Waals surface area contributed by atoms with Crippen LogP contribution in [0.3, 0.4) is 0 Å². The van der Waals surface area contributed by atoms with Crippen molar-refractivity contribution in [1.29, 1.82) is 0 Å². The summed E-state index contributed by atoms with van der Waals surface area (Å²) in [4.78, 5) is 32.1. The average molecular weight is 573 g/mol. The second-order valence-electron chi connectivity index (χ2n) is 9.26. The molecule has 1 unspecified atom stereocenters. The fourth-order valence-corrected chi connectivity index (χ4v) is 5.68. The number of fused-ring (bicyclic) bond motifs is 1. The van der Waals surface area contributed by atoms with E-state index in [9.17, 15) is 14.0 Å². The van der Waals surface area contributed by atoms with Crippen molar-refractivity contribution in [3.63, 3.8) is 0 Å². The van der Waals surface area contributed by atoms with Crippen LogP contribution in [0.15, 0.2) is 93.9 Å². The first-order valence-corrected chi connectivity index (χ1v) is 14.1. The highest BCUT2D eigenvalue weighted by molar-refractivity contribution is 7.07. The number of carbonyl (C=O) groups excluding carboxylic acids is 1. The minimum absolute atomic E-state index is 0.198.